The molecule has 0 heterocycles. The molecule has 0 amide bonds. The van der Waals surface area contributed by atoms with Crippen LogP contribution in [0.25, 0.3) is 0 Å². The molecule has 0 atom stereocenters. The van der Waals surface area contributed by atoms with Gasteiger partial charge < -0.3 is 15.3 Å². The van der Waals surface area contributed by atoms with Gasteiger partial charge in [-0.25, -0.2) is 19.1 Å². The third-order valence-corrected chi connectivity index (χ3v) is 0.567. The summed E-state index contributed by atoms with van der Waals surface area (Å²) in [6.07, 6.45) is 0. The zero-order valence-corrected chi connectivity index (χ0v) is 12.3. The summed E-state index contributed by atoms with van der Waals surface area (Å²) in [6.45, 7) is 12.7. The van der Waals surface area contributed by atoms with Gasteiger partial charge in [-0.1, -0.05) is 0 Å². The van der Waals surface area contributed by atoms with Crippen molar-refractivity contribution in [1.29, 1.82) is 0 Å². The van der Waals surface area contributed by atoms with E-state index in [9.17, 15) is 0 Å². The molecular weight excluding hydrogens is 251 g/mol. The van der Waals surface area contributed by atoms with Crippen LogP contribution in [0.5, 0.6) is 0 Å². The molecule has 0 aromatic rings. The molecule has 0 aliphatic rings. The van der Waals surface area contributed by atoms with E-state index in [0.717, 1.165) is 5.57 Å². The number of aliphatic hydroxyl groups is 3. The molecule has 3 nitrogen and oxygen atoms in total. The zero-order chi connectivity index (χ0) is 12.4. The van der Waals surface area contributed by atoms with Crippen molar-refractivity contribution in [2.24, 2.45) is 0 Å². The normalized spacial score (nSPS) is 6.07. The fraction of sp³-hybridized carbons (Fsp3) is 0.700. The average Bonchev–Trinajstić information content (AvgIpc) is 2.08. The first-order valence-corrected chi connectivity index (χ1v) is 4.93. The van der Waals surface area contributed by atoms with Gasteiger partial charge in [-0.2, -0.15) is 0 Å². The van der Waals surface area contributed by atoms with E-state index in [2.05, 4.69) is 13.5 Å². The van der Waals surface area contributed by atoms with Crippen LogP contribution in [0.15, 0.2) is 12.2 Å². The summed E-state index contributed by atoms with van der Waals surface area (Å²) in [4.78, 5) is 0. The van der Waals surface area contributed by atoms with Gasteiger partial charge in [0.25, 0.3) is 0 Å². The van der Waals surface area contributed by atoms with E-state index >= 15 is 0 Å². The Labute approximate surface area is 114 Å². The molecule has 0 aromatic carbocycles. The average molecular weight is 276 g/mol. The Hall–Kier alpha value is 0.494. The Bertz CT molecular complexity index is 78.3. The Morgan fingerprint density at radius 3 is 1.13 bits per heavy atom. The fourth-order valence-corrected chi connectivity index (χ4v) is 0. The predicted octanol–water partition coefficient (Wildman–Crippen LogP) is 1.61. The van der Waals surface area contributed by atoms with Crippen LogP contribution in [0.2, 0.25) is 0 Å². The van der Waals surface area contributed by atoms with Crippen molar-refractivity contribution < 1.29 is 37.0 Å². The molecule has 0 radical (unpaired) electrons. The second-order valence-electron chi connectivity index (χ2n) is 1.83. The zero-order valence-electron chi connectivity index (χ0n) is 9.96. The first-order chi connectivity index (χ1) is 6.51. The molecular formula is C10H24ClO3Ti-. The van der Waals surface area contributed by atoms with Gasteiger partial charge in [-0.15, -0.1) is 11.6 Å². The molecule has 0 aliphatic carbocycles. The van der Waals surface area contributed by atoms with Crippen LogP contribution in [0.3, 0.4) is 0 Å². The third kappa shape index (κ3) is 364. The molecule has 0 rings (SSSR count). The Kier molecular flexibility index (Phi) is 92.6. The van der Waals surface area contributed by atoms with Gasteiger partial charge in [-0.05, 0) is 20.8 Å². The largest absolute Gasteiger partial charge is 0.397 e. The van der Waals surface area contributed by atoms with E-state index in [-0.39, 0.29) is 41.5 Å². The maximum absolute atomic E-state index is 7.57. The quantitative estimate of drug-likeness (QED) is 0.387. The molecule has 0 fully saturated rings. The van der Waals surface area contributed by atoms with Crippen LogP contribution in [-0.4, -0.2) is 41.0 Å². The van der Waals surface area contributed by atoms with E-state index in [1.165, 1.54) is 0 Å². The van der Waals surface area contributed by atoms with Gasteiger partial charge in [-0.3, -0.25) is 0 Å². The maximum atomic E-state index is 7.57. The molecule has 15 heavy (non-hydrogen) atoms. The minimum atomic E-state index is 0. The molecule has 0 aliphatic heterocycles. The standard InChI is InChI=1S/C4H6Cl.3C2H6O.Ti/c1-4(2)3-5;3*1-2-3;/h1-3H2;3*3H,2H2,1H3;/q-1;;;;. The van der Waals surface area contributed by atoms with Crippen molar-refractivity contribution in [3.63, 3.8) is 0 Å². The summed E-state index contributed by atoms with van der Waals surface area (Å²) >= 11 is 5.17. The number of rotatable bonds is 1. The molecule has 0 unspecified atom stereocenters. The number of hydrogen-bond donors (Lipinski definition) is 3. The fourth-order valence-electron chi connectivity index (χ4n) is 0. The van der Waals surface area contributed by atoms with Crippen LogP contribution < -0.4 is 0 Å². The number of allylic oxidation sites excluding steroid dienone is 1. The van der Waals surface area contributed by atoms with Crippen molar-refractivity contribution in [2.75, 3.05) is 25.7 Å². The van der Waals surface area contributed by atoms with Gasteiger partial charge in [0.05, 0.1) is 0 Å². The summed E-state index contributed by atoms with van der Waals surface area (Å²) in [5.41, 5.74) is 0.770. The van der Waals surface area contributed by atoms with E-state index in [4.69, 9.17) is 26.9 Å². The molecule has 3 N–H and O–H groups in total. The molecule has 5 heteroatoms. The van der Waals surface area contributed by atoms with E-state index < -0.39 is 0 Å². The second-order valence-corrected chi connectivity index (χ2v) is 2.10. The molecule has 0 bridgehead atoms. The number of alkyl halides is 1. The summed E-state index contributed by atoms with van der Waals surface area (Å²) in [7, 11) is 0. The number of hydrogen-bond acceptors (Lipinski definition) is 3. The topological polar surface area (TPSA) is 60.7 Å². The van der Waals surface area contributed by atoms with Gasteiger partial charge in [0, 0.05) is 47.4 Å². The summed E-state index contributed by atoms with van der Waals surface area (Å²) in [6, 6.07) is 0. The van der Waals surface area contributed by atoms with Crippen molar-refractivity contribution in [3.05, 3.63) is 19.1 Å². The van der Waals surface area contributed by atoms with E-state index in [0.29, 0.717) is 5.88 Å². The minimum absolute atomic E-state index is 0. The van der Waals surface area contributed by atoms with E-state index in [1.807, 2.05) is 0 Å². The van der Waals surface area contributed by atoms with Crippen LogP contribution in [0.1, 0.15) is 20.8 Å². The third-order valence-electron chi connectivity index (χ3n) is 0.189. The van der Waals surface area contributed by atoms with Crippen molar-refractivity contribution in [3.8, 4) is 0 Å². The van der Waals surface area contributed by atoms with Crippen LogP contribution in [0, 0.1) is 6.92 Å². The first-order valence-electron chi connectivity index (χ1n) is 4.40. The van der Waals surface area contributed by atoms with Crippen LogP contribution >= 0.6 is 11.6 Å². The summed E-state index contributed by atoms with van der Waals surface area (Å²) in [5, 5.41) is 22.7. The maximum Gasteiger partial charge on any atom is 0.0402 e. The molecule has 0 aromatic heterocycles. The first kappa shape index (κ1) is 29.6. The minimum Gasteiger partial charge on any atom is -0.397 e. The summed E-state index contributed by atoms with van der Waals surface area (Å²) < 4.78 is 0. The van der Waals surface area contributed by atoms with Gasteiger partial charge in [0.1, 0.15) is 0 Å². The van der Waals surface area contributed by atoms with Gasteiger partial charge in [0.2, 0.25) is 0 Å². The SMILES string of the molecule is C=C([CH2-])CCl.CCO.CCO.CCO.[Ti]. The monoisotopic (exact) mass is 275 g/mol. The predicted molar refractivity (Wildman–Crippen MR) is 63.5 cm³/mol. The molecule has 0 saturated heterocycles. The Balaban J connectivity index is -0.0000000300. The van der Waals surface area contributed by atoms with Crippen molar-refractivity contribution in [2.45, 2.75) is 20.8 Å². The van der Waals surface area contributed by atoms with E-state index in [1.54, 1.807) is 20.8 Å². The van der Waals surface area contributed by atoms with Crippen molar-refractivity contribution in [1.82, 2.24) is 0 Å². The van der Waals surface area contributed by atoms with Crippen molar-refractivity contribution >= 4 is 11.6 Å². The smallest absolute Gasteiger partial charge is 0.0402 e. The van der Waals surface area contributed by atoms with Crippen LogP contribution in [-0.2, 0) is 21.7 Å². The Morgan fingerprint density at radius 1 is 1.07 bits per heavy atom. The second kappa shape index (κ2) is 47.0. The van der Waals surface area contributed by atoms with Gasteiger partial charge >= 0.3 is 0 Å². The Morgan fingerprint density at radius 2 is 1.13 bits per heavy atom. The number of halogens is 1. The number of aliphatic hydroxyl groups excluding tert-OH is 3. The molecule has 0 spiro atoms. The van der Waals surface area contributed by atoms with Crippen LogP contribution in [0.4, 0.5) is 0 Å². The summed E-state index contributed by atoms with van der Waals surface area (Å²) in [5.74, 6) is 0.472. The molecule has 0 saturated carbocycles. The molecule has 94 valence electrons. The van der Waals surface area contributed by atoms with Gasteiger partial charge in [0.15, 0.2) is 0 Å².